The number of hydrogen-bond donors (Lipinski definition) is 1. The quantitative estimate of drug-likeness (QED) is 0.509. The topological polar surface area (TPSA) is 107 Å². The van der Waals surface area contributed by atoms with E-state index in [1.807, 2.05) is 0 Å². The van der Waals surface area contributed by atoms with E-state index in [1.54, 1.807) is 0 Å². The van der Waals surface area contributed by atoms with Gasteiger partial charge in [0.25, 0.3) is 17.2 Å². The molecule has 148 valence electrons. The normalized spacial score (nSPS) is 10.6. The SMILES string of the molecule is Cc1c(C(=O)NCCn2cnc(-c3ccc(F)cc3)cc2=O)cccc1[N+](=O)[O-]. The van der Waals surface area contributed by atoms with E-state index in [-0.39, 0.29) is 41.3 Å². The van der Waals surface area contributed by atoms with Crippen LogP contribution in [-0.4, -0.2) is 26.9 Å². The number of nitro benzene ring substituents is 1. The summed E-state index contributed by atoms with van der Waals surface area (Å²) in [5.41, 5.74) is 1.07. The van der Waals surface area contributed by atoms with E-state index in [2.05, 4.69) is 10.3 Å². The zero-order chi connectivity index (χ0) is 21.0. The summed E-state index contributed by atoms with van der Waals surface area (Å²) in [5.74, 6) is -0.841. The van der Waals surface area contributed by atoms with Gasteiger partial charge in [-0.3, -0.25) is 24.3 Å². The van der Waals surface area contributed by atoms with E-state index in [0.717, 1.165) is 0 Å². The number of nitrogens with zero attached hydrogens (tertiary/aromatic N) is 3. The summed E-state index contributed by atoms with van der Waals surface area (Å²) in [6.45, 7) is 1.82. The predicted molar refractivity (Wildman–Crippen MR) is 104 cm³/mol. The van der Waals surface area contributed by atoms with Crippen molar-refractivity contribution in [2.75, 3.05) is 6.54 Å². The van der Waals surface area contributed by atoms with Crippen LogP contribution in [0.25, 0.3) is 11.3 Å². The number of nitrogens with one attached hydrogen (secondary N) is 1. The molecule has 0 saturated heterocycles. The third-order valence-corrected chi connectivity index (χ3v) is 4.40. The molecule has 0 radical (unpaired) electrons. The Balaban J connectivity index is 1.66. The number of benzene rings is 2. The van der Waals surface area contributed by atoms with Gasteiger partial charge in [0.2, 0.25) is 0 Å². The van der Waals surface area contributed by atoms with E-state index in [1.165, 1.54) is 66.3 Å². The van der Waals surface area contributed by atoms with Crippen molar-refractivity contribution in [1.29, 1.82) is 0 Å². The molecule has 3 rings (SSSR count). The van der Waals surface area contributed by atoms with Gasteiger partial charge < -0.3 is 5.32 Å². The second-order valence-electron chi connectivity index (χ2n) is 6.28. The highest BCUT2D eigenvalue weighted by molar-refractivity contribution is 5.96. The lowest BCUT2D eigenvalue weighted by molar-refractivity contribution is -0.385. The van der Waals surface area contributed by atoms with Crippen LogP contribution in [0.4, 0.5) is 10.1 Å². The van der Waals surface area contributed by atoms with Gasteiger partial charge >= 0.3 is 0 Å². The van der Waals surface area contributed by atoms with Gasteiger partial charge in [-0.2, -0.15) is 0 Å². The average molecular weight is 396 g/mol. The molecule has 1 heterocycles. The maximum absolute atomic E-state index is 13.0. The average Bonchev–Trinajstić information content (AvgIpc) is 2.69. The predicted octanol–water partition coefficient (Wildman–Crippen LogP) is 2.70. The van der Waals surface area contributed by atoms with Crippen LogP contribution in [0.5, 0.6) is 0 Å². The molecule has 0 aliphatic rings. The molecule has 1 aromatic heterocycles. The Labute approximate surface area is 164 Å². The van der Waals surface area contributed by atoms with E-state index < -0.39 is 10.8 Å². The first-order chi connectivity index (χ1) is 13.9. The fourth-order valence-electron chi connectivity index (χ4n) is 2.82. The molecule has 0 bridgehead atoms. The van der Waals surface area contributed by atoms with E-state index in [4.69, 9.17) is 0 Å². The Bertz CT molecular complexity index is 1130. The molecule has 0 fully saturated rings. The van der Waals surface area contributed by atoms with Crippen LogP contribution in [0.15, 0.2) is 59.7 Å². The molecule has 0 atom stereocenters. The lowest BCUT2D eigenvalue weighted by atomic mass is 10.1. The first-order valence-corrected chi connectivity index (χ1v) is 8.71. The van der Waals surface area contributed by atoms with Gasteiger partial charge in [-0.05, 0) is 37.3 Å². The molecule has 0 spiro atoms. The van der Waals surface area contributed by atoms with Crippen LogP contribution >= 0.6 is 0 Å². The summed E-state index contributed by atoms with van der Waals surface area (Å²) in [4.78, 5) is 39.2. The Morgan fingerprint density at radius 2 is 1.97 bits per heavy atom. The summed E-state index contributed by atoms with van der Waals surface area (Å²) < 4.78 is 14.3. The molecule has 9 heteroatoms. The van der Waals surface area contributed by atoms with Crippen molar-refractivity contribution >= 4 is 11.6 Å². The number of nitro groups is 1. The van der Waals surface area contributed by atoms with Crippen molar-refractivity contribution in [1.82, 2.24) is 14.9 Å². The summed E-state index contributed by atoms with van der Waals surface area (Å²) in [7, 11) is 0. The number of carbonyl (C=O) groups excluding carboxylic acids is 1. The highest BCUT2D eigenvalue weighted by Crippen LogP contribution is 2.20. The Morgan fingerprint density at radius 1 is 1.24 bits per heavy atom. The van der Waals surface area contributed by atoms with Crippen LogP contribution in [-0.2, 0) is 6.54 Å². The van der Waals surface area contributed by atoms with Gasteiger partial charge in [0, 0.05) is 41.9 Å². The Hall–Kier alpha value is -3.88. The third-order valence-electron chi connectivity index (χ3n) is 4.40. The fraction of sp³-hybridized carbons (Fsp3) is 0.150. The van der Waals surface area contributed by atoms with Crippen LogP contribution in [0.2, 0.25) is 0 Å². The van der Waals surface area contributed by atoms with Crippen molar-refractivity contribution in [3.63, 3.8) is 0 Å². The smallest absolute Gasteiger partial charge is 0.273 e. The van der Waals surface area contributed by atoms with Crippen molar-refractivity contribution < 1.29 is 14.1 Å². The summed E-state index contributed by atoms with van der Waals surface area (Å²) >= 11 is 0. The molecule has 1 N–H and O–H groups in total. The van der Waals surface area contributed by atoms with Crippen molar-refractivity contribution in [3.8, 4) is 11.3 Å². The van der Waals surface area contributed by atoms with Crippen molar-refractivity contribution in [2.24, 2.45) is 0 Å². The number of halogens is 1. The second-order valence-corrected chi connectivity index (χ2v) is 6.28. The minimum atomic E-state index is -0.542. The molecular weight excluding hydrogens is 379 g/mol. The van der Waals surface area contributed by atoms with E-state index >= 15 is 0 Å². The van der Waals surface area contributed by atoms with Crippen LogP contribution < -0.4 is 10.9 Å². The highest BCUT2D eigenvalue weighted by atomic mass is 19.1. The zero-order valence-electron chi connectivity index (χ0n) is 15.5. The lowest BCUT2D eigenvalue weighted by Gasteiger charge is -2.10. The molecule has 0 saturated carbocycles. The summed E-state index contributed by atoms with van der Waals surface area (Å²) in [6, 6.07) is 11.2. The standard InChI is InChI=1S/C20H17FN4O4/c1-13-16(3-2-4-18(13)25(28)29)20(27)22-9-10-24-12-23-17(11-19(24)26)14-5-7-15(21)8-6-14/h2-8,11-12H,9-10H2,1H3,(H,22,27). The molecule has 2 aromatic carbocycles. The zero-order valence-corrected chi connectivity index (χ0v) is 15.5. The molecule has 0 aliphatic carbocycles. The molecule has 1 amide bonds. The second kappa shape index (κ2) is 8.42. The fourth-order valence-corrected chi connectivity index (χ4v) is 2.82. The molecule has 29 heavy (non-hydrogen) atoms. The minimum absolute atomic E-state index is 0.130. The Kier molecular flexibility index (Phi) is 5.77. The maximum Gasteiger partial charge on any atom is 0.273 e. The van der Waals surface area contributed by atoms with Crippen molar-refractivity contribution in [3.05, 3.63) is 92.3 Å². The summed E-state index contributed by atoms with van der Waals surface area (Å²) in [5, 5.41) is 13.6. The van der Waals surface area contributed by atoms with Crippen LogP contribution in [0.1, 0.15) is 15.9 Å². The van der Waals surface area contributed by atoms with Gasteiger partial charge in [-0.25, -0.2) is 9.37 Å². The van der Waals surface area contributed by atoms with Gasteiger partial charge in [-0.1, -0.05) is 6.07 Å². The number of aromatic nitrogens is 2. The highest BCUT2D eigenvalue weighted by Gasteiger charge is 2.17. The minimum Gasteiger partial charge on any atom is -0.350 e. The van der Waals surface area contributed by atoms with E-state index in [0.29, 0.717) is 11.3 Å². The molecule has 3 aromatic rings. The lowest BCUT2D eigenvalue weighted by Crippen LogP contribution is -2.31. The van der Waals surface area contributed by atoms with Gasteiger partial charge in [0.05, 0.1) is 16.9 Å². The number of carbonyl (C=O) groups is 1. The largest absolute Gasteiger partial charge is 0.350 e. The first-order valence-electron chi connectivity index (χ1n) is 8.71. The number of amides is 1. The Morgan fingerprint density at radius 3 is 2.62 bits per heavy atom. The molecule has 8 nitrogen and oxygen atoms in total. The maximum atomic E-state index is 13.0. The van der Waals surface area contributed by atoms with Crippen LogP contribution in [0, 0.1) is 22.9 Å². The van der Waals surface area contributed by atoms with E-state index in [9.17, 15) is 24.1 Å². The molecule has 0 unspecified atom stereocenters. The molecule has 0 aliphatic heterocycles. The summed E-state index contributed by atoms with van der Waals surface area (Å²) in [6.07, 6.45) is 1.35. The third kappa shape index (κ3) is 4.52. The number of hydrogen-bond acceptors (Lipinski definition) is 5. The number of rotatable bonds is 6. The van der Waals surface area contributed by atoms with Gasteiger partial charge in [0.1, 0.15) is 5.82 Å². The van der Waals surface area contributed by atoms with Crippen molar-refractivity contribution in [2.45, 2.75) is 13.5 Å². The monoisotopic (exact) mass is 396 g/mol. The van der Waals surface area contributed by atoms with Gasteiger partial charge in [-0.15, -0.1) is 0 Å². The first kappa shape index (κ1) is 19.9. The molecular formula is C20H17FN4O4. The van der Waals surface area contributed by atoms with Gasteiger partial charge in [0.15, 0.2) is 0 Å². The van der Waals surface area contributed by atoms with Crippen LogP contribution in [0.3, 0.4) is 0 Å².